The summed E-state index contributed by atoms with van der Waals surface area (Å²) in [5, 5.41) is 3.06. The molecule has 0 radical (unpaired) electrons. The zero-order valence-corrected chi connectivity index (χ0v) is 18.7. The van der Waals surface area contributed by atoms with E-state index in [1.54, 1.807) is 0 Å². The molecule has 2 aromatic carbocycles. The summed E-state index contributed by atoms with van der Waals surface area (Å²) in [5.41, 5.74) is 2.37. The molecule has 2 N–H and O–H groups in total. The van der Waals surface area contributed by atoms with Crippen molar-refractivity contribution in [3.63, 3.8) is 0 Å². The third-order valence-corrected chi connectivity index (χ3v) is 7.25. The summed E-state index contributed by atoms with van der Waals surface area (Å²) in [7, 11) is -3.86. The van der Waals surface area contributed by atoms with Crippen LogP contribution in [0.1, 0.15) is 54.2 Å². The molecule has 0 saturated carbocycles. The van der Waals surface area contributed by atoms with Gasteiger partial charge in [-0.25, -0.2) is 13.1 Å². The molecular formula is C21H24Cl2N2O3S. The number of rotatable bonds is 7. The van der Waals surface area contributed by atoms with E-state index in [9.17, 15) is 13.2 Å². The van der Waals surface area contributed by atoms with Crippen LogP contribution in [-0.4, -0.2) is 20.9 Å². The molecule has 2 aromatic rings. The van der Waals surface area contributed by atoms with Gasteiger partial charge in [0.05, 0.1) is 21.7 Å². The van der Waals surface area contributed by atoms with Crippen LogP contribution < -0.4 is 10.0 Å². The quantitative estimate of drug-likeness (QED) is 0.634. The number of aryl methyl sites for hydroxylation is 1. The van der Waals surface area contributed by atoms with Crippen molar-refractivity contribution in [2.24, 2.45) is 5.92 Å². The van der Waals surface area contributed by atoms with Gasteiger partial charge in [0.1, 0.15) is 4.90 Å². The summed E-state index contributed by atoms with van der Waals surface area (Å²) in [4.78, 5) is 12.7. The lowest BCUT2D eigenvalue weighted by Gasteiger charge is -2.16. The van der Waals surface area contributed by atoms with Gasteiger partial charge in [-0.2, -0.15) is 0 Å². The fourth-order valence-electron chi connectivity index (χ4n) is 3.41. The highest BCUT2D eigenvalue weighted by Gasteiger charge is 2.27. The van der Waals surface area contributed by atoms with Gasteiger partial charge < -0.3 is 5.32 Å². The molecule has 0 spiro atoms. The van der Waals surface area contributed by atoms with E-state index in [4.69, 9.17) is 23.2 Å². The molecule has 0 aliphatic heterocycles. The number of benzene rings is 2. The average molecular weight is 455 g/mol. The van der Waals surface area contributed by atoms with E-state index in [0.29, 0.717) is 18.9 Å². The van der Waals surface area contributed by atoms with Crippen molar-refractivity contribution in [2.45, 2.75) is 44.0 Å². The predicted octanol–water partition coefficient (Wildman–Crippen LogP) is 4.74. The zero-order valence-electron chi connectivity index (χ0n) is 16.3. The highest BCUT2D eigenvalue weighted by atomic mass is 35.5. The Labute approximate surface area is 181 Å². The van der Waals surface area contributed by atoms with Crippen molar-refractivity contribution in [3.8, 4) is 0 Å². The normalized spacial score (nSPS) is 16.1. The van der Waals surface area contributed by atoms with Crippen LogP contribution in [0.5, 0.6) is 0 Å². The minimum atomic E-state index is -3.86. The molecule has 0 fully saturated rings. The summed E-state index contributed by atoms with van der Waals surface area (Å²) in [6.07, 6.45) is 2.37. The van der Waals surface area contributed by atoms with E-state index in [-0.39, 0.29) is 26.5 Å². The van der Waals surface area contributed by atoms with Gasteiger partial charge >= 0.3 is 0 Å². The Kier molecular flexibility index (Phi) is 6.89. The highest BCUT2D eigenvalue weighted by Crippen LogP contribution is 2.33. The first-order valence-electron chi connectivity index (χ1n) is 9.56. The topological polar surface area (TPSA) is 75.3 Å². The van der Waals surface area contributed by atoms with Gasteiger partial charge in [-0.3, -0.25) is 4.79 Å². The predicted molar refractivity (Wildman–Crippen MR) is 116 cm³/mol. The number of sulfonamides is 1. The standard InChI is InChI=1S/C21H24Cl2N2O3S/c1-13(2)9-10-24-29(27,28)20-11-16(17(22)12-18(20)23)21(26)25-19-8-7-14-5-3-4-6-15(14)19/h3-6,11-13,19,24H,7-10H2,1-2H3,(H,25,26)/t19-/m1/s1. The van der Waals surface area contributed by atoms with Gasteiger partial charge in [-0.05, 0) is 48.4 Å². The number of hydrogen-bond donors (Lipinski definition) is 2. The molecule has 5 nitrogen and oxygen atoms in total. The van der Waals surface area contributed by atoms with Gasteiger partial charge in [-0.15, -0.1) is 0 Å². The minimum Gasteiger partial charge on any atom is -0.345 e. The second-order valence-electron chi connectivity index (χ2n) is 7.61. The van der Waals surface area contributed by atoms with Crippen LogP contribution in [0.2, 0.25) is 10.0 Å². The molecule has 8 heteroatoms. The summed E-state index contributed by atoms with van der Waals surface area (Å²) in [5.74, 6) is -0.0685. The fraction of sp³-hybridized carbons (Fsp3) is 0.381. The van der Waals surface area contributed by atoms with Crippen molar-refractivity contribution in [3.05, 3.63) is 63.1 Å². The summed E-state index contributed by atoms with van der Waals surface area (Å²) in [6, 6.07) is 10.4. The first kappa shape index (κ1) is 22.1. The molecule has 29 heavy (non-hydrogen) atoms. The molecule has 0 saturated heterocycles. The maximum absolute atomic E-state index is 12.9. The van der Waals surface area contributed by atoms with Gasteiger partial charge in [-0.1, -0.05) is 61.3 Å². The number of halogens is 2. The largest absolute Gasteiger partial charge is 0.345 e. The Morgan fingerprint density at radius 3 is 2.62 bits per heavy atom. The van der Waals surface area contributed by atoms with Crippen LogP contribution in [-0.2, 0) is 16.4 Å². The third kappa shape index (κ3) is 5.12. The number of nitrogens with one attached hydrogen (secondary N) is 2. The zero-order chi connectivity index (χ0) is 21.2. The Hall–Kier alpha value is -1.60. The Morgan fingerprint density at radius 2 is 1.90 bits per heavy atom. The maximum atomic E-state index is 12.9. The van der Waals surface area contributed by atoms with E-state index in [2.05, 4.69) is 10.0 Å². The molecule has 1 amide bonds. The third-order valence-electron chi connectivity index (χ3n) is 5.01. The van der Waals surface area contributed by atoms with Gasteiger partial charge in [0.15, 0.2) is 0 Å². The first-order valence-corrected chi connectivity index (χ1v) is 11.8. The van der Waals surface area contributed by atoms with Crippen LogP contribution in [0.4, 0.5) is 0 Å². The number of hydrogen-bond acceptors (Lipinski definition) is 3. The lowest BCUT2D eigenvalue weighted by molar-refractivity contribution is 0.0936. The van der Waals surface area contributed by atoms with Crippen LogP contribution in [0.25, 0.3) is 0 Å². The van der Waals surface area contributed by atoms with Crippen LogP contribution in [0.15, 0.2) is 41.3 Å². The second-order valence-corrected chi connectivity index (χ2v) is 10.2. The number of amides is 1. The number of fused-ring (bicyclic) bond motifs is 1. The molecule has 3 rings (SSSR count). The Bertz CT molecular complexity index is 1020. The molecule has 156 valence electrons. The number of carbonyl (C=O) groups is 1. The summed E-state index contributed by atoms with van der Waals surface area (Å²) >= 11 is 12.4. The van der Waals surface area contributed by atoms with Crippen molar-refractivity contribution in [1.82, 2.24) is 10.0 Å². The van der Waals surface area contributed by atoms with Crippen molar-refractivity contribution in [1.29, 1.82) is 0 Å². The van der Waals surface area contributed by atoms with E-state index in [1.807, 2.05) is 38.1 Å². The molecule has 1 aliphatic rings. The molecule has 0 bridgehead atoms. The van der Waals surface area contributed by atoms with Crippen molar-refractivity contribution >= 4 is 39.1 Å². The minimum absolute atomic E-state index is 0.0187. The first-order chi connectivity index (χ1) is 13.7. The highest BCUT2D eigenvalue weighted by molar-refractivity contribution is 7.89. The van der Waals surface area contributed by atoms with E-state index < -0.39 is 15.9 Å². The van der Waals surface area contributed by atoms with Crippen LogP contribution >= 0.6 is 23.2 Å². The van der Waals surface area contributed by atoms with Gasteiger partial charge in [0.25, 0.3) is 5.91 Å². The van der Waals surface area contributed by atoms with Crippen LogP contribution in [0, 0.1) is 5.92 Å². The monoisotopic (exact) mass is 454 g/mol. The van der Waals surface area contributed by atoms with Gasteiger partial charge in [0.2, 0.25) is 10.0 Å². The molecule has 1 atom stereocenters. The van der Waals surface area contributed by atoms with Crippen molar-refractivity contribution in [2.75, 3.05) is 6.54 Å². The summed E-state index contributed by atoms with van der Waals surface area (Å²) < 4.78 is 27.8. The van der Waals surface area contributed by atoms with E-state index in [1.165, 1.54) is 17.7 Å². The maximum Gasteiger partial charge on any atom is 0.253 e. The smallest absolute Gasteiger partial charge is 0.253 e. The molecule has 0 heterocycles. The molecule has 0 aromatic heterocycles. The number of carbonyl (C=O) groups excluding carboxylic acids is 1. The second kappa shape index (κ2) is 9.04. The Balaban J connectivity index is 1.83. The fourth-order valence-corrected chi connectivity index (χ4v) is 5.32. The molecular weight excluding hydrogens is 431 g/mol. The van der Waals surface area contributed by atoms with Crippen LogP contribution in [0.3, 0.4) is 0 Å². The lowest BCUT2D eigenvalue weighted by Crippen LogP contribution is -2.29. The Morgan fingerprint density at radius 1 is 1.17 bits per heavy atom. The van der Waals surface area contributed by atoms with E-state index >= 15 is 0 Å². The molecule has 0 unspecified atom stereocenters. The van der Waals surface area contributed by atoms with Crippen molar-refractivity contribution < 1.29 is 13.2 Å². The van der Waals surface area contributed by atoms with E-state index in [0.717, 1.165) is 18.4 Å². The molecule has 1 aliphatic carbocycles. The summed E-state index contributed by atoms with van der Waals surface area (Å²) in [6.45, 7) is 4.31. The van der Waals surface area contributed by atoms with Gasteiger partial charge in [0, 0.05) is 6.54 Å². The SMILES string of the molecule is CC(C)CCNS(=O)(=O)c1cc(C(=O)N[C@@H]2CCc3ccccc32)c(Cl)cc1Cl. The average Bonchev–Trinajstić information content (AvgIpc) is 3.04. The lowest BCUT2D eigenvalue weighted by atomic mass is 10.1.